The van der Waals surface area contributed by atoms with Gasteiger partial charge in [0.25, 0.3) is 0 Å². The van der Waals surface area contributed by atoms with E-state index in [4.69, 9.17) is 5.73 Å². The minimum atomic E-state index is -0.256. The molecule has 116 valence electrons. The van der Waals surface area contributed by atoms with Crippen molar-refractivity contribution in [3.8, 4) is 0 Å². The minimum Gasteiger partial charge on any atom is -0.369 e. The number of likely N-dealkylation sites (tertiary alicyclic amines) is 1. The number of benzene rings is 1. The van der Waals surface area contributed by atoms with Gasteiger partial charge in [0.15, 0.2) is 0 Å². The molecule has 1 aliphatic heterocycles. The number of carbonyl (C=O) groups excluding carboxylic acids is 2. The van der Waals surface area contributed by atoms with Crippen LogP contribution in [0.3, 0.4) is 0 Å². The molecular formula is C16H18BrN3O2. The van der Waals surface area contributed by atoms with E-state index in [0.717, 1.165) is 15.4 Å². The van der Waals surface area contributed by atoms with E-state index in [0.29, 0.717) is 32.5 Å². The Bertz CT molecular complexity index is 717. The summed E-state index contributed by atoms with van der Waals surface area (Å²) < 4.78 is 2.99. The molecule has 0 spiro atoms. The average molecular weight is 364 g/mol. The standard InChI is InChI=1S/C16H18BrN3O2/c17-13-2-1-3-14-12(13)6-9-20(14)10-15(21)19-7-4-11(5-8-19)16(18)22/h1-3,6,9,11H,4-5,7-8,10H2,(H2,18,22). The molecule has 1 aromatic heterocycles. The number of carbonyl (C=O) groups is 2. The molecule has 1 fully saturated rings. The zero-order chi connectivity index (χ0) is 15.7. The second-order valence-electron chi connectivity index (χ2n) is 5.67. The molecule has 0 saturated carbocycles. The third-order valence-corrected chi connectivity index (χ3v) is 5.01. The summed E-state index contributed by atoms with van der Waals surface area (Å²) in [7, 11) is 0. The lowest BCUT2D eigenvalue weighted by molar-refractivity contribution is -0.135. The lowest BCUT2D eigenvalue weighted by Crippen LogP contribution is -2.42. The second kappa shape index (κ2) is 6.12. The Morgan fingerprint density at radius 3 is 2.64 bits per heavy atom. The van der Waals surface area contributed by atoms with Crippen molar-refractivity contribution < 1.29 is 9.59 Å². The van der Waals surface area contributed by atoms with Gasteiger partial charge >= 0.3 is 0 Å². The van der Waals surface area contributed by atoms with E-state index in [1.165, 1.54) is 0 Å². The molecule has 5 nitrogen and oxygen atoms in total. The topological polar surface area (TPSA) is 68.3 Å². The van der Waals surface area contributed by atoms with Crippen LogP contribution in [0.2, 0.25) is 0 Å². The smallest absolute Gasteiger partial charge is 0.242 e. The van der Waals surface area contributed by atoms with E-state index in [1.54, 1.807) is 0 Å². The number of halogens is 1. The first-order valence-electron chi connectivity index (χ1n) is 7.36. The number of amides is 2. The fourth-order valence-electron chi connectivity index (χ4n) is 2.98. The summed E-state index contributed by atoms with van der Waals surface area (Å²) in [6, 6.07) is 7.97. The lowest BCUT2D eigenvalue weighted by atomic mass is 9.96. The highest BCUT2D eigenvalue weighted by Gasteiger charge is 2.25. The van der Waals surface area contributed by atoms with Gasteiger partial charge in [0.05, 0.1) is 0 Å². The van der Waals surface area contributed by atoms with Gasteiger partial charge in [0.2, 0.25) is 11.8 Å². The van der Waals surface area contributed by atoms with Crippen molar-refractivity contribution in [2.24, 2.45) is 11.7 Å². The number of nitrogens with two attached hydrogens (primary N) is 1. The fraction of sp³-hybridized carbons (Fsp3) is 0.375. The first-order valence-corrected chi connectivity index (χ1v) is 8.16. The van der Waals surface area contributed by atoms with Crippen molar-refractivity contribution >= 4 is 38.6 Å². The van der Waals surface area contributed by atoms with Gasteiger partial charge < -0.3 is 15.2 Å². The van der Waals surface area contributed by atoms with Crippen LogP contribution in [0.25, 0.3) is 10.9 Å². The zero-order valence-corrected chi connectivity index (χ0v) is 13.8. The van der Waals surface area contributed by atoms with Crippen LogP contribution in [0.1, 0.15) is 12.8 Å². The maximum absolute atomic E-state index is 12.4. The molecule has 2 N–H and O–H groups in total. The summed E-state index contributed by atoms with van der Waals surface area (Å²) in [5.74, 6) is -0.263. The van der Waals surface area contributed by atoms with Gasteiger partial charge in [-0.3, -0.25) is 9.59 Å². The summed E-state index contributed by atoms with van der Waals surface area (Å²) in [6.07, 6.45) is 3.27. The average Bonchev–Trinajstić information content (AvgIpc) is 2.92. The Morgan fingerprint density at radius 2 is 1.95 bits per heavy atom. The molecule has 0 atom stereocenters. The van der Waals surface area contributed by atoms with Crippen molar-refractivity contribution in [3.05, 3.63) is 34.9 Å². The van der Waals surface area contributed by atoms with E-state index < -0.39 is 0 Å². The predicted molar refractivity (Wildman–Crippen MR) is 88.1 cm³/mol. The van der Waals surface area contributed by atoms with Crippen molar-refractivity contribution in [1.82, 2.24) is 9.47 Å². The van der Waals surface area contributed by atoms with Crippen LogP contribution in [0, 0.1) is 5.92 Å². The summed E-state index contributed by atoms with van der Waals surface area (Å²) in [5, 5.41) is 1.10. The molecule has 0 bridgehead atoms. The zero-order valence-electron chi connectivity index (χ0n) is 12.2. The molecular weight excluding hydrogens is 346 g/mol. The van der Waals surface area contributed by atoms with Crippen LogP contribution in [0.5, 0.6) is 0 Å². The van der Waals surface area contributed by atoms with Crippen molar-refractivity contribution in [2.75, 3.05) is 13.1 Å². The molecule has 1 aliphatic rings. The van der Waals surface area contributed by atoms with Gasteiger partial charge in [-0.15, -0.1) is 0 Å². The Labute approximate surface area is 137 Å². The van der Waals surface area contributed by atoms with Gasteiger partial charge in [-0.05, 0) is 31.0 Å². The lowest BCUT2D eigenvalue weighted by Gasteiger charge is -2.30. The quantitative estimate of drug-likeness (QED) is 0.907. The summed E-state index contributed by atoms with van der Waals surface area (Å²) in [6.45, 7) is 1.53. The van der Waals surface area contributed by atoms with Crippen LogP contribution in [-0.4, -0.2) is 34.4 Å². The van der Waals surface area contributed by atoms with Crippen molar-refractivity contribution in [3.63, 3.8) is 0 Å². The maximum Gasteiger partial charge on any atom is 0.242 e. The molecule has 22 heavy (non-hydrogen) atoms. The van der Waals surface area contributed by atoms with Gasteiger partial charge in [0, 0.05) is 40.6 Å². The Kier molecular flexibility index (Phi) is 4.20. The number of nitrogens with zero attached hydrogens (tertiary/aromatic N) is 2. The number of hydrogen-bond donors (Lipinski definition) is 1. The molecule has 1 saturated heterocycles. The summed E-state index contributed by atoms with van der Waals surface area (Å²) >= 11 is 3.52. The molecule has 0 unspecified atom stereocenters. The number of aromatic nitrogens is 1. The van der Waals surface area contributed by atoms with Crippen LogP contribution in [0.4, 0.5) is 0 Å². The Balaban J connectivity index is 1.69. The van der Waals surface area contributed by atoms with E-state index in [9.17, 15) is 9.59 Å². The SMILES string of the molecule is NC(=O)C1CCN(C(=O)Cn2ccc3c(Br)cccc32)CC1. The molecule has 0 radical (unpaired) electrons. The molecule has 2 amide bonds. The normalized spacial score (nSPS) is 16.1. The highest BCUT2D eigenvalue weighted by molar-refractivity contribution is 9.10. The molecule has 1 aromatic carbocycles. The number of hydrogen-bond acceptors (Lipinski definition) is 2. The van der Waals surface area contributed by atoms with Crippen LogP contribution in [-0.2, 0) is 16.1 Å². The highest BCUT2D eigenvalue weighted by Crippen LogP contribution is 2.25. The first-order chi connectivity index (χ1) is 10.6. The third kappa shape index (κ3) is 2.88. The minimum absolute atomic E-state index is 0.0837. The van der Waals surface area contributed by atoms with Gasteiger partial charge in [0.1, 0.15) is 6.54 Å². The largest absolute Gasteiger partial charge is 0.369 e. The maximum atomic E-state index is 12.4. The molecule has 6 heteroatoms. The number of fused-ring (bicyclic) bond motifs is 1. The second-order valence-corrected chi connectivity index (χ2v) is 6.53. The molecule has 3 rings (SSSR count). The van der Waals surface area contributed by atoms with Crippen molar-refractivity contribution in [2.45, 2.75) is 19.4 Å². The predicted octanol–water partition coefficient (Wildman–Crippen LogP) is 2.13. The number of primary amides is 1. The Hall–Kier alpha value is -1.82. The molecule has 0 aliphatic carbocycles. The monoisotopic (exact) mass is 363 g/mol. The fourth-order valence-corrected chi connectivity index (χ4v) is 3.47. The van der Waals surface area contributed by atoms with E-state index >= 15 is 0 Å². The first kappa shape index (κ1) is 15.1. The van der Waals surface area contributed by atoms with Gasteiger partial charge in [-0.1, -0.05) is 22.0 Å². The van der Waals surface area contributed by atoms with E-state index in [1.807, 2.05) is 39.9 Å². The van der Waals surface area contributed by atoms with E-state index in [-0.39, 0.29) is 17.7 Å². The Morgan fingerprint density at radius 1 is 1.23 bits per heavy atom. The molecule has 2 aromatic rings. The van der Waals surface area contributed by atoms with Crippen LogP contribution in [0.15, 0.2) is 34.9 Å². The van der Waals surface area contributed by atoms with Gasteiger partial charge in [-0.2, -0.15) is 0 Å². The van der Waals surface area contributed by atoms with E-state index in [2.05, 4.69) is 15.9 Å². The van der Waals surface area contributed by atoms with Gasteiger partial charge in [-0.25, -0.2) is 0 Å². The highest BCUT2D eigenvalue weighted by atomic mass is 79.9. The summed E-state index contributed by atoms with van der Waals surface area (Å²) in [4.78, 5) is 25.4. The number of rotatable bonds is 3. The van der Waals surface area contributed by atoms with Crippen molar-refractivity contribution in [1.29, 1.82) is 0 Å². The van der Waals surface area contributed by atoms with Crippen LogP contribution < -0.4 is 5.73 Å². The third-order valence-electron chi connectivity index (χ3n) is 4.32. The summed E-state index contributed by atoms with van der Waals surface area (Å²) in [5.41, 5.74) is 6.36. The van der Waals surface area contributed by atoms with Crippen LogP contribution >= 0.6 is 15.9 Å². The molecule has 2 heterocycles. The number of piperidine rings is 1.